The second kappa shape index (κ2) is 10.1. The molecular formula is C19H20N6O2S. The molecule has 0 radical (unpaired) electrons. The number of thioether (sulfide) groups is 1. The molecule has 0 aliphatic carbocycles. The standard InChI is InChI=1S/C19H20N6O2S/c1-27-16-9-7-15(8-10-16)11-20-17(26)13-28-19-22-18(24-25-19)23-21-12-14-5-3-2-4-6-14/h2-10,12H,11,13H2,1H3,(H,20,26)(H2,22,23,24,25)/b21-12-. The molecule has 0 atom stereocenters. The molecule has 1 amide bonds. The average molecular weight is 396 g/mol. The third kappa shape index (κ3) is 6.13. The van der Waals surface area contributed by atoms with Gasteiger partial charge in [0.05, 0.1) is 19.1 Å². The minimum absolute atomic E-state index is 0.0952. The van der Waals surface area contributed by atoms with Gasteiger partial charge >= 0.3 is 0 Å². The number of nitrogens with one attached hydrogen (secondary N) is 3. The van der Waals surface area contributed by atoms with Crippen LogP contribution in [0.5, 0.6) is 5.75 Å². The lowest BCUT2D eigenvalue weighted by Crippen LogP contribution is -2.24. The van der Waals surface area contributed by atoms with Crippen molar-refractivity contribution < 1.29 is 9.53 Å². The van der Waals surface area contributed by atoms with E-state index in [-0.39, 0.29) is 11.7 Å². The van der Waals surface area contributed by atoms with Crippen LogP contribution in [-0.2, 0) is 11.3 Å². The van der Waals surface area contributed by atoms with Gasteiger partial charge in [-0.1, -0.05) is 54.2 Å². The van der Waals surface area contributed by atoms with E-state index in [9.17, 15) is 4.79 Å². The second-order valence-corrected chi connectivity index (χ2v) is 6.60. The monoisotopic (exact) mass is 396 g/mol. The van der Waals surface area contributed by atoms with E-state index < -0.39 is 0 Å². The molecule has 0 saturated heterocycles. The number of aromatic nitrogens is 3. The maximum Gasteiger partial charge on any atom is 0.240 e. The number of rotatable bonds is 9. The van der Waals surface area contributed by atoms with Crippen LogP contribution in [0.3, 0.4) is 0 Å². The third-order valence-electron chi connectivity index (χ3n) is 3.63. The van der Waals surface area contributed by atoms with Crippen molar-refractivity contribution >= 4 is 29.8 Å². The highest BCUT2D eigenvalue weighted by molar-refractivity contribution is 7.99. The van der Waals surface area contributed by atoms with Crippen molar-refractivity contribution in [3.8, 4) is 5.75 Å². The molecular weight excluding hydrogens is 376 g/mol. The van der Waals surface area contributed by atoms with Crippen LogP contribution < -0.4 is 15.5 Å². The predicted molar refractivity (Wildman–Crippen MR) is 110 cm³/mol. The van der Waals surface area contributed by atoms with Gasteiger partial charge in [-0.25, -0.2) is 10.5 Å². The molecule has 0 bridgehead atoms. The number of hydrazone groups is 1. The number of benzene rings is 2. The Kier molecular flexibility index (Phi) is 7.02. The molecule has 0 saturated carbocycles. The SMILES string of the molecule is COc1ccc(CNC(=O)CSc2n[nH]c(N/N=C\c3ccccc3)n2)cc1. The zero-order valence-corrected chi connectivity index (χ0v) is 16.1. The zero-order chi connectivity index (χ0) is 19.6. The van der Waals surface area contributed by atoms with E-state index in [1.54, 1.807) is 13.3 Å². The van der Waals surface area contributed by atoms with Gasteiger partial charge in [-0.3, -0.25) is 4.79 Å². The molecule has 28 heavy (non-hydrogen) atoms. The third-order valence-corrected chi connectivity index (χ3v) is 4.48. The Balaban J connectivity index is 1.39. The van der Waals surface area contributed by atoms with Crippen LogP contribution in [0.15, 0.2) is 64.9 Å². The summed E-state index contributed by atoms with van der Waals surface area (Å²) in [6.45, 7) is 0.457. The fourth-order valence-electron chi connectivity index (χ4n) is 2.19. The minimum atomic E-state index is -0.0952. The molecule has 3 aromatic rings. The van der Waals surface area contributed by atoms with Crippen molar-refractivity contribution in [1.29, 1.82) is 0 Å². The number of aromatic amines is 1. The Morgan fingerprint density at radius 1 is 1.21 bits per heavy atom. The lowest BCUT2D eigenvalue weighted by atomic mass is 10.2. The maximum atomic E-state index is 12.0. The van der Waals surface area contributed by atoms with Gasteiger partial charge in [-0.05, 0) is 23.3 Å². The first-order chi connectivity index (χ1) is 13.7. The number of H-pyrrole nitrogens is 1. The maximum absolute atomic E-state index is 12.0. The molecule has 144 valence electrons. The summed E-state index contributed by atoms with van der Waals surface area (Å²) < 4.78 is 5.11. The van der Waals surface area contributed by atoms with Gasteiger partial charge in [0.25, 0.3) is 0 Å². The summed E-state index contributed by atoms with van der Waals surface area (Å²) in [6, 6.07) is 17.2. The largest absolute Gasteiger partial charge is 0.497 e. The fraction of sp³-hybridized carbons (Fsp3) is 0.158. The van der Waals surface area contributed by atoms with E-state index in [0.29, 0.717) is 17.6 Å². The van der Waals surface area contributed by atoms with Crippen LogP contribution in [0.2, 0.25) is 0 Å². The summed E-state index contributed by atoms with van der Waals surface area (Å²) in [5.41, 5.74) is 4.74. The molecule has 3 rings (SSSR count). The minimum Gasteiger partial charge on any atom is -0.497 e. The summed E-state index contributed by atoms with van der Waals surface area (Å²) in [7, 11) is 1.62. The Morgan fingerprint density at radius 2 is 2.00 bits per heavy atom. The molecule has 0 fully saturated rings. The van der Waals surface area contributed by atoms with E-state index in [1.807, 2.05) is 54.6 Å². The predicted octanol–water partition coefficient (Wildman–Crippen LogP) is 2.67. The number of methoxy groups -OCH3 is 1. The number of carbonyl (C=O) groups excluding carboxylic acids is 1. The first kappa shape index (κ1) is 19.4. The Bertz CT molecular complexity index is 912. The molecule has 1 heterocycles. The summed E-state index contributed by atoms with van der Waals surface area (Å²) >= 11 is 1.24. The van der Waals surface area contributed by atoms with Gasteiger partial charge in [-0.15, -0.1) is 5.10 Å². The molecule has 9 heteroatoms. The van der Waals surface area contributed by atoms with Gasteiger partial charge in [0, 0.05) is 6.54 Å². The molecule has 0 spiro atoms. The van der Waals surface area contributed by atoms with Gasteiger partial charge in [0.2, 0.25) is 17.0 Å². The number of hydrogen-bond acceptors (Lipinski definition) is 7. The normalized spacial score (nSPS) is 10.8. The van der Waals surface area contributed by atoms with Crippen LogP contribution >= 0.6 is 11.8 Å². The number of nitrogens with zero attached hydrogens (tertiary/aromatic N) is 3. The van der Waals surface area contributed by atoms with Crippen LogP contribution in [0.25, 0.3) is 0 Å². The highest BCUT2D eigenvalue weighted by atomic mass is 32.2. The van der Waals surface area contributed by atoms with Gasteiger partial charge in [0.1, 0.15) is 5.75 Å². The molecule has 8 nitrogen and oxygen atoms in total. The van der Waals surface area contributed by atoms with Crippen molar-refractivity contribution in [1.82, 2.24) is 20.5 Å². The first-order valence-electron chi connectivity index (χ1n) is 8.52. The lowest BCUT2D eigenvalue weighted by molar-refractivity contribution is -0.118. The number of hydrogen-bond donors (Lipinski definition) is 3. The topological polar surface area (TPSA) is 104 Å². The van der Waals surface area contributed by atoms with Crippen LogP contribution in [0.4, 0.5) is 5.95 Å². The Labute approximate surface area is 166 Å². The summed E-state index contributed by atoms with van der Waals surface area (Å²) in [6.07, 6.45) is 1.68. The molecule has 2 aromatic carbocycles. The van der Waals surface area contributed by atoms with Gasteiger partial charge in [-0.2, -0.15) is 10.1 Å². The van der Waals surface area contributed by atoms with Crippen molar-refractivity contribution in [3.63, 3.8) is 0 Å². The van der Waals surface area contributed by atoms with Crippen molar-refractivity contribution in [2.75, 3.05) is 18.3 Å². The van der Waals surface area contributed by atoms with Crippen molar-refractivity contribution in [2.24, 2.45) is 5.10 Å². The summed E-state index contributed by atoms with van der Waals surface area (Å²) in [4.78, 5) is 16.2. The van der Waals surface area contributed by atoms with E-state index >= 15 is 0 Å². The highest BCUT2D eigenvalue weighted by Gasteiger charge is 2.07. The Morgan fingerprint density at radius 3 is 2.75 bits per heavy atom. The molecule has 0 aliphatic heterocycles. The first-order valence-corrected chi connectivity index (χ1v) is 9.50. The zero-order valence-electron chi connectivity index (χ0n) is 15.3. The van der Waals surface area contributed by atoms with Crippen molar-refractivity contribution in [3.05, 3.63) is 65.7 Å². The quantitative estimate of drug-likeness (QED) is 0.292. The summed E-state index contributed by atoms with van der Waals surface area (Å²) in [5.74, 6) is 1.32. The van der Waals surface area contributed by atoms with Crippen molar-refractivity contribution in [2.45, 2.75) is 11.7 Å². The number of amides is 1. The number of carbonyl (C=O) groups is 1. The smallest absolute Gasteiger partial charge is 0.240 e. The second-order valence-electron chi connectivity index (χ2n) is 5.66. The molecule has 0 aliphatic rings. The van der Waals surface area contributed by atoms with E-state index in [1.165, 1.54) is 11.8 Å². The number of anilines is 1. The van der Waals surface area contributed by atoms with E-state index in [2.05, 4.69) is 31.0 Å². The van der Waals surface area contributed by atoms with E-state index in [4.69, 9.17) is 4.74 Å². The number of ether oxygens (including phenoxy) is 1. The molecule has 0 unspecified atom stereocenters. The lowest BCUT2D eigenvalue weighted by Gasteiger charge is -2.05. The van der Waals surface area contributed by atoms with Gasteiger partial charge < -0.3 is 10.1 Å². The molecule has 1 aromatic heterocycles. The van der Waals surface area contributed by atoms with E-state index in [0.717, 1.165) is 16.9 Å². The van der Waals surface area contributed by atoms with Crippen LogP contribution in [-0.4, -0.2) is 40.2 Å². The summed E-state index contributed by atoms with van der Waals surface area (Å²) in [5, 5.41) is 14.2. The van der Waals surface area contributed by atoms with Gasteiger partial charge in [0.15, 0.2) is 0 Å². The highest BCUT2D eigenvalue weighted by Crippen LogP contribution is 2.14. The molecule has 3 N–H and O–H groups in total. The fourth-order valence-corrected chi connectivity index (χ4v) is 2.82. The van der Waals surface area contributed by atoms with Crippen LogP contribution in [0, 0.1) is 0 Å². The Hall–Kier alpha value is -3.33. The van der Waals surface area contributed by atoms with Crippen LogP contribution in [0.1, 0.15) is 11.1 Å². The average Bonchev–Trinajstić information content (AvgIpc) is 3.19.